The van der Waals surface area contributed by atoms with Gasteiger partial charge in [-0.1, -0.05) is 23.4 Å². The Hall–Kier alpha value is -3.46. The number of nitriles is 1. The minimum Gasteiger partial charge on any atom is -0.339 e. The van der Waals surface area contributed by atoms with Gasteiger partial charge in [-0.05, 0) is 42.8 Å². The van der Waals surface area contributed by atoms with Crippen LogP contribution in [-0.2, 0) is 6.42 Å². The van der Waals surface area contributed by atoms with Crippen LogP contribution in [0.2, 0.25) is 0 Å². The molecular formula is C18H14N4O2. The van der Waals surface area contributed by atoms with E-state index in [9.17, 15) is 4.79 Å². The van der Waals surface area contributed by atoms with Crippen LogP contribution in [0.3, 0.4) is 0 Å². The lowest BCUT2D eigenvalue weighted by atomic mass is 10.1. The first kappa shape index (κ1) is 15.4. The summed E-state index contributed by atoms with van der Waals surface area (Å²) in [7, 11) is 0. The average Bonchev–Trinajstić information content (AvgIpc) is 3.01. The van der Waals surface area contributed by atoms with Gasteiger partial charge in [0.2, 0.25) is 5.89 Å². The Morgan fingerprint density at radius 3 is 2.62 bits per heavy atom. The van der Waals surface area contributed by atoms with Crippen molar-refractivity contribution in [1.82, 2.24) is 10.1 Å². The molecule has 0 saturated heterocycles. The highest BCUT2D eigenvalue weighted by Gasteiger charge is 2.12. The average molecular weight is 318 g/mol. The molecule has 118 valence electrons. The number of carbonyl (C=O) groups is 1. The van der Waals surface area contributed by atoms with Crippen molar-refractivity contribution < 1.29 is 9.32 Å². The minimum absolute atomic E-state index is 0.242. The number of hydrogen-bond donors (Lipinski definition) is 1. The summed E-state index contributed by atoms with van der Waals surface area (Å²) in [4.78, 5) is 16.6. The van der Waals surface area contributed by atoms with Gasteiger partial charge in [0.25, 0.3) is 5.91 Å². The molecule has 0 bridgehead atoms. The molecule has 0 aliphatic heterocycles. The van der Waals surface area contributed by atoms with Crippen molar-refractivity contribution in [2.45, 2.75) is 13.3 Å². The first-order valence-corrected chi connectivity index (χ1v) is 7.34. The molecule has 1 aromatic heterocycles. The Balaban J connectivity index is 1.79. The van der Waals surface area contributed by atoms with E-state index in [4.69, 9.17) is 9.78 Å². The van der Waals surface area contributed by atoms with Crippen molar-refractivity contribution in [3.8, 4) is 6.07 Å². The molecular weight excluding hydrogens is 304 g/mol. The number of nitrogens with one attached hydrogen (secondary N) is 1. The van der Waals surface area contributed by atoms with E-state index in [-0.39, 0.29) is 5.91 Å². The van der Waals surface area contributed by atoms with E-state index in [2.05, 4.69) is 15.5 Å². The number of para-hydroxylation sites is 1. The van der Waals surface area contributed by atoms with Gasteiger partial charge >= 0.3 is 0 Å². The number of anilines is 1. The van der Waals surface area contributed by atoms with Gasteiger partial charge in [0, 0.05) is 11.3 Å². The smallest absolute Gasteiger partial charge is 0.255 e. The number of nitrogens with zero attached hydrogens (tertiary/aromatic N) is 3. The lowest BCUT2D eigenvalue weighted by Gasteiger charge is -2.10. The van der Waals surface area contributed by atoms with Gasteiger partial charge in [0.1, 0.15) is 0 Å². The summed E-state index contributed by atoms with van der Waals surface area (Å²) in [5.41, 5.74) is 2.56. The molecule has 1 N–H and O–H groups in total. The van der Waals surface area contributed by atoms with Gasteiger partial charge in [-0.25, -0.2) is 0 Å². The molecule has 0 atom stereocenters. The summed E-state index contributed by atoms with van der Waals surface area (Å²) < 4.78 is 5.13. The zero-order valence-electron chi connectivity index (χ0n) is 13.0. The second kappa shape index (κ2) is 6.75. The Bertz CT molecular complexity index is 907. The fourth-order valence-corrected chi connectivity index (χ4v) is 2.26. The molecule has 0 unspecified atom stereocenters. The van der Waals surface area contributed by atoms with Crippen LogP contribution in [0.15, 0.2) is 53.1 Å². The molecule has 1 amide bonds. The standard InChI is InChI=1S/C18H14N4O2/c1-12-20-17(24-22-12)10-15-4-2-3-5-16(15)21-18(23)14-8-6-13(11-19)7-9-14/h2-9H,10H2,1H3,(H,21,23). The molecule has 0 fully saturated rings. The highest BCUT2D eigenvalue weighted by atomic mass is 16.5. The van der Waals surface area contributed by atoms with Crippen molar-refractivity contribution in [2.75, 3.05) is 5.32 Å². The number of hydrogen-bond acceptors (Lipinski definition) is 5. The van der Waals surface area contributed by atoms with E-state index in [0.29, 0.717) is 35.0 Å². The van der Waals surface area contributed by atoms with Crippen LogP contribution in [0, 0.1) is 18.3 Å². The summed E-state index contributed by atoms with van der Waals surface area (Å²) >= 11 is 0. The number of aryl methyl sites for hydroxylation is 1. The van der Waals surface area contributed by atoms with E-state index >= 15 is 0 Å². The van der Waals surface area contributed by atoms with Crippen LogP contribution in [0.1, 0.15) is 33.2 Å². The molecule has 0 radical (unpaired) electrons. The molecule has 0 aliphatic carbocycles. The number of benzene rings is 2. The van der Waals surface area contributed by atoms with Gasteiger partial charge in [-0.3, -0.25) is 4.79 Å². The molecule has 1 heterocycles. The third-order valence-electron chi connectivity index (χ3n) is 3.45. The highest BCUT2D eigenvalue weighted by Crippen LogP contribution is 2.19. The number of carbonyl (C=O) groups excluding carboxylic acids is 1. The van der Waals surface area contributed by atoms with Crippen LogP contribution in [-0.4, -0.2) is 16.0 Å². The summed E-state index contributed by atoms with van der Waals surface area (Å²) in [6.45, 7) is 1.76. The second-order valence-electron chi connectivity index (χ2n) is 5.21. The molecule has 2 aromatic carbocycles. The lowest BCUT2D eigenvalue weighted by molar-refractivity contribution is 0.102. The first-order chi connectivity index (χ1) is 11.7. The molecule has 6 nitrogen and oxygen atoms in total. The van der Waals surface area contributed by atoms with Gasteiger partial charge in [-0.2, -0.15) is 10.2 Å². The second-order valence-corrected chi connectivity index (χ2v) is 5.21. The van der Waals surface area contributed by atoms with Crippen molar-refractivity contribution >= 4 is 11.6 Å². The van der Waals surface area contributed by atoms with Gasteiger partial charge < -0.3 is 9.84 Å². The minimum atomic E-state index is -0.242. The maximum Gasteiger partial charge on any atom is 0.255 e. The fourth-order valence-electron chi connectivity index (χ4n) is 2.26. The zero-order valence-corrected chi connectivity index (χ0v) is 13.0. The highest BCUT2D eigenvalue weighted by molar-refractivity contribution is 6.04. The largest absolute Gasteiger partial charge is 0.339 e. The summed E-state index contributed by atoms with van der Waals surface area (Å²) in [5.74, 6) is 0.824. The molecule has 0 spiro atoms. The quantitative estimate of drug-likeness (QED) is 0.798. The summed E-state index contributed by atoms with van der Waals surface area (Å²) in [6, 6.07) is 15.9. The molecule has 3 aromatic rings. The summed E-state index contributed by atoms with van der Waals surface area (Å²) in [6.07, 6.45) is 0.435. The van der Waals surface area contributed by atoms with E-state index < -0.39 is 0 Å². The van der Waals surface area contributed by atoms with Crippen LogP contribution in [0.5, 0.6) is 0 Å². The van der Waals surface area contributed by atoms with Crippen molar-refractivity contribution in [3.05, 3.63) is 76.9 Å². The van der Waals surface area contributed by atoms with Gasteiger partial charge in [0.15, 0.2) is 5.82 Å². The van der Waals surface area contributed by atoms with E-state index in [1.807, 2.05) is 30.3 Å². The predicted octanol–water partition coefficient (Wildman–Crippen LogP) is 3.09. The predicted molar refractivity (Wildman–Crippen MR) is 87.4 cm³/mol. The van der Waals surface area contributed by atoms with E-state index in [1.165, 1.54) is 0 Å². The van der Waals surface area contributed by atoms with Crippen LogP contribution in [0.25, 0.3) is 0 Å². The molecule has 0 aliphatic rings. The Morgan fingerprint density at radius 2 is 1.96 bits per heavy atom. The monoisotopic (exact) mass is 318 g/mol. The lowest BCUT2D eigenvalue weighted by Crippen LogP contribution is -2.13. The van der Waals surface area contributed by atoms with Crippen molar-refractivity contribution in [3.63, 3.8) is 0 Å². The Morgan fingerprint density at radius 1 is 1.21 bits per heavy atom. The zero-order chi connectivity index (χ0) is 16.9. The fraction of sp³-hybridized carbons (Fsp3) is 0.111. The normalized spacial score (nSPS) is 10.2. The van der Waals surface area contributed by atoms with Crippen LogP contribution in [0.4, 0.5) is 5.69 Å². The van der Waals surface area contributed by atoms with Crippen molar-refractivity contribution in [1.29, 1.82) is 5.26 Å². The number of amides is 1. The van der Waals surface area contributed by atoms with E-state index in [1.54, 1.807) is 31.2 Å². The van der Waals surface area contributed by atoms with E-state index in [0.717, 1.165) is 5.56 Å². The first-order valence-electron chi connectivity index (χ1n) is 7.34. The van der Waals surface area contributed by atoms with Gasteiger partial charge in [0.05, 0.1) is 18.1 Å². The molecule has 0 saturated carbocycles. The third kappa shape index (κ3) is 3.47. The SMILES string of the molecule is Cc1noc(Cc2ccccc2NC(=O)c2ccc(C#N)cc2)n1. The topological polar surface area (TPSA) is 91.8 Å². The van der Waals surface area contributed by atoms with Crippen LogP contribution >= 0.6 is 0 Å². The Labute approximate surface area is 138 Å². The maximum absolute atomic E-state index is 12.4. The maximum atomic E-state index is 12.4. The van der Waals surface area contributed by atoms with Gasteiger partial charge in [-0.15, -0.1) is 0 Å². The summed E-state index contributed by atoms with van der Waals surface area (Å²) in [5, 5.41) is 15.5. The Kier molecular flexibility index (Phi) is 4.34. The molecule has 3 rings (SSSR count). The number of rotatable bonds is 4. The molecule has 24 heavy (non-hydrogen) atoms. The number of aromatic nitrogens is 2. The van der Waals surface area contributed by atoms with Crippen LogP contribution < -0.4 is 5.32 Å². The van der Waals surface area contributed by atoms with Crippen molar-refractivity contribution in [2.24, 2.45) is 0 Å². The third-order valence-corrected chi connectivity index (χ3v) is 3.45. The molecule has 6 heteroatoms.